The summed E-state index contributed by atoms with van der Waals surface area (Å²) in [5, 5.41) is 0. The number of ether oxygens (including phenoxy) is 2. The molecule has 0 aliphatic heterocycles. The molecule has 0 heterocycles. The van der Waals surface area contributed by atoms with Gasteiger partial charge in [0, 0.05) is 19.1 Å². The van der Waals surface area contributed by atoms with Crippen molar-refractivity contribution in [2.45, 2.75) is 30.5 Å². The molecular weight excluding hydrogens is 321 g/mol. The van der Waals surface area contributed by atoms with Crippen molar-refractivity contribution in [1.82, 2.24) is 0 Å². The molecule has 0 amide bonds. The standard InChI is InChI=1S/C13H13F7O2/c1-21-9-6-4-3-5-8(9)10(22-2)7-11(14,15)12(16,17)13(18,19)20/h3-6,10H,7H2,1-2H3. The highest BCUT2D eigenvalue weighted by atomic mass is 19.4. The fraction of sp³-hybridized carbons (Fsp3) is 0.538. The summed E-state index contributed by atoms with van der Waals surface area (Å²) in [6, 6.07) is 5.47. The van der Waals surface area contributed by atoms with E-state index in [1.165, 1.54) is 31.4 Å². The van der Waals surface area contributed by atoms with Crippen LogP contribution in [0, 0.1) is 0 Å². The Bertz CT molecular complexity index is 499. The first-order chi connectivity index (χ1) is 9.98. The maximum absolute atomic E-state index is 13.5. The van der Waals surface area contributed by atoms with Gasteiger partial charge in [0.2, 0.25) is 0 Å². The van der Waals surface area contributed by atoms with Crippen LogP contribution < -0.4 is 4.74 Å². The highest BCUT2D eigenvalue weighted by molar-refractivity contribution is 5.35. The van der Waals surface area contributed by atoms with E-state index in [-0.39, 0.29) is 11.3 Å². The van der Waals surface area contributed by atoms with Gasteiger partial charge in [-0.2, -0.15) is 30.7 Å². The summed E-state index contributed by atoms with van der Waals surface area (Å²) < 4.78 is 98.7. The predicted molar refractivity (Wildman–Crippen MR) is 63.3 cm³/mol. The molecule has 1 aromatic carbocycles. The van der Waals surface area contributed by atoms with Crippen LogP contribution in [0.5, 0.6) is 5.75 Å². The topological polar surface area (TPSA) is 18.5 Å². The van der Waals surface area contributed by atoms with Gasteiger partial charge in [-0.15, -0.1) is 0 Å². The maximum atomic E-state index is 13.5. The molecule has 0 aliphatic carbocycles. The van der Waals surface area contributed by atoms with Gasteiger partial charge in [0.15, 0.2) is 0 Å². The van der Waals surface area contributed by atoms with Crippen LogP contribution in [0.4, 0.5) is 30.7 Å². The van der Waals surface area contributed by atoms with E-state index in [1.54, 1.807) is 0 Å². The molecule has 0 aliphatic rings. The molecule has 22 heavy (non-hydrogen) atoms. The SMILES string of the molecule is COc1ccccc1C(CC(F)(F)C(F)(F)C(F)(F)F)OC. The van der Waals surface area contributed by atoms with Gasteiger partial charge in [0.25, 0.3) is 0 Å². The van der Waals surface area contributed by atoms with Crippen LogP contribution >= 0.6 is 0 Å². The molecule has 126 valence electrons. The third kappa shape index (κ3) is 3.45. The molecule has 1 atom stereocenters. The quantitative estimate of drug-likeness (QED) is 0.708. The maximum Gasteiger partial charge on any atom is 0.459 e. The second-order valence-electron chi connectivity index (χ2n) is 4.45. The Morgan fingerprint density at radius 1 is 0.955 bits per heavy atom. The second-order valence-corrected chi connectivity index (χ2v) is 4.45. The second kappa shape index (κ2) is 6.31. The third-order valence-corrected chi connectivity index (χ3v) is 3.03. The summed E-state index contributed by atoms with van der Waals surface area (Å²) >= 11 is 0. The van der Waals surface area contributed by atoms with Crippen molar-refractivity contribution < 1.29 is 40.2 Å². The van der Waals surface area contributed by atoms with E-state index in [0.717, 1.165) is 7.11 Å². The molecule has 0 fully saturated rings. The predicted octanol–water partition coefficient (Wildman–Crippen LogP) is 4.61. The lowest BCUT2D eigenvalue weighted by Gasteiger charge is -2.31. The van der Waals surface area contributed by atoms with E-state index in [1.807, 2.05) is 0 Å². The van der Waals surface area contributed by atoms with Crippen molar-refractivity contribution in [3.8, 4) is 5.75 Å². The molecule has 0 bridgehead atoms. The van der Waals surface area contributed by atoms with E-state index in [0.29, 0.717) is 0 Å². The largest absolute Gasteiger partial charge is 0.496 e. The average molecular weight is 334 g/mol. The molecule has 0 saturated heterocycles. The Morgan fingerprint density at radius 3 is 1.95 bits per heavy atom. The van der Waals surface area contributed by atoms with E-state index in [2.05, 4.69) is 4.74 Å². The van der Waals surface area contributed by atoms with Gasteiger partial charge in [0.1, 0.15) is 5.75 Å². The van der Waals surface area contributed by atoms with E-state index in [9.17, 15) is 30.7 Å². The lowest BCUT2D eigenvalue weighted by atomic mass is 9.98. The van der Waals surface area contributed by atoms with Gasteiger partial charge in [-0.25, -0.2) is 0 Å². The summed E-state index contributed by atoms with van der Waals surface area (Å²) in [4.78, 5) is 0. The van der Waals surface area contributed by atoms with Crippen LogP contribution in [0.3, 0.4) is 0 Å². The number of methoxy groups -OCH3 is 2. The lowest BCUT2D eigenvalue weighted by Crippen LogP contribution is -2.52. The summed E-state index contributed by atoms with van der Waals surface area (Å²) in [6.07, 6.45) is -9.91. The number of halogens is 7. The van der Waals surface area contributed by atoms with Gasteiger partial charge in [-0.3, -0.25) is 0 Å². The Balaban J connectivity index is 3.13. The van der Waals surface area contributed by atoms with Crippen molar-refractivity contribution >= 4 is 0 Å². The molecule has 1 rings (SSSR count). The third-order valence-electron chi connectivity index (χ3n) is 3.03. The van der Waals surface area contributed by atoms with E-state index in [4.69, 9.17) is 4.74 Å². The van der Waals surface area contributed by atoms with Crippen LogP contribution in [0.25, 0.3) is 0 Å². The number of rotatable bonds is 6. The van der Waals surface area contributed by atoms with Crippen molar-refractivity contribution in [1.29, 1.82) is 0 Å². The first kappa shape index (κ1) is 18.5. The minimum atomic E-state index is -6.37. The van der Waals surface area contributed by atoms with Gasteiger partial charge in [0.05, 0.1) is 13.2 Å². The first-order valence-electron chi connectivity index (χ1n) is 5.96. The molecule has 1 unspecified atom stereocenters. The minimum absolute atomic E-state index is 0.0421. The molecule has 0 N–H and O–H groups in total. The summed E-state index contributed by atoms with van der Waals surface area (Å²) in [6.45, 7) is 0. The van der Waals surface area contributed by atoms with Gasteiger partial charge in [-0.05, 0) is 6.07 Å². The minimum Gasteiger partial charge on any atom is -0.496 e. The summed E-state index contributed by atoms with van der Waals surface area (Å²) in [5.74, 6) is -11.5. The molecule has 1 aromatic rings. The highest BCUT2D eigenvalue weighted by Gasteiger charge is 2.73. The number of alkyl halides is 7. The van der Waals surface area contributed by atoms with Crippen LogP contribution in [0.15, 0.2) is 24.3 Å². The van der Waals surface area contributed by atoms with Crippen LogP contribution in [-0.2, 0) is 4.74 Å². The molecule has 0 radical (unpaired) electrons. The van der Waals surface area contributed by atoms with Crippen molar-refractivity contribution in [3.63, 3.8) is 0 Å². The molecular formula is C13H13F7O2. The van der Waals surface area contributed by atoms with E-state index >= 15 is 0 Å². The molecule has 9 heteroatoms. The number of hydrogen-bond donors (Lipinski definition) is 0. The monoisotopic (exact) mass is 334 g/mol. The van der Waals surface area contributed by atoms with Crippen LogP contribution in [0.2, 0.25) is 0 Å². The number of benzene rings is 1. The first-order valence-corrected chi connectivity index (χ1v) is 5.96. The fourth-order valence-electron chi connectivity index (χ4n) is 1.82. The van der Waals surface area contributed by atoms with E-state index < -0.39 is 30.5 Å². The van der Waals surface area contributed by atoms with Crippen LogP contribution in [0.1, 0.15) is 18.1 Å². The normalized spacial score (nSPS) is 14.8. The van der Waals surface area contributed by atoms with Gasteiger partial charge < -0.3 is 9.47 Å². The Labute approximate surface area is 121 Å². The molecule has 0 spiro atoms. The van der Waals surface area contributed by atoms with Gasteiger partial charge in [-0.1, -0.05) is 18.2 Å². The Hall–Kier alpha value is -1.51. The Morgan fingerprint density at radius 2 is 1.50 bits per heavy atom. The molecule has 0 saturated carbocycles. The zero-order valence-corrected chi connectivity index (χ0v) is 11.6. The zero-order chi connectivity index (χ0) is 17.2. The fourth-order valence-corrected chi connectivity index (χ4v) is 1.82. The smallest absolute Gasteiger partial charge is 0.459 e. The van der Waals surface area contributed by atoms with Crippen LogP contribution in [-0.4, -0.2) is 32.2 Å². The summed E-state index contributed by atoms with van der Waals surface area (Å²) in [7, 11) is 2.13. The molecule has 2 nitrogen and oxygen atoms in total. The number of para-hydroxylation sites is 1. The number of hydrogen-bond acceptors (Lipinski definition) is 2. The zero-order valence-electron chi connectivity index (χ0n) is 11.6. The average Bonchev–Trinajstić information content (AvgIpc) is 2.43. The van der Waals surface area contributed by atoms with Crippen molar-refractivity contribution in [3.05, 3.63) is 29.8 Å². The highest BCUT2D eigenvalue weighted by Crippen LogP contribution is 2.50. The van der Waals surface area contributed by atoms with Crippen molar-refractivity contribution in [2.75, 3.05) is 14.2 Å². The van der Waals surface area contributed by atoms with Gasteiger partial charge >= 0.3 is 18.0 Å². The summed E-state index contributed by atoms with van der Waals surface area (Å²) in [5.41, 5.74) is -0.0508. The molecule has 0 aromatic heterocycles. The lowest BCUT2D eigenvalue weighted by molar-refractivity contribution is -0.358. The van der Waals surface area contributed by atoms with Crippen molar-refractivity contribution in [2.24, 2.45) is 0 Å². The Kier molecular flexibility index (Phi) is 5.32.